The first-order valence-corrected chi connectivity index (χ1v) is 4.38. The first-order chi connectivity index (χ1) is 7.25. The lowest BCUT2D eigenvalue weighted by molar-refractivity contribution is -0.326. The van der Waals surface area contributed by atoms with Crippen molar-refractivity contribution in [2.45, 2.75) is 19.8 Å². The molecule has 0 rings (SSSR count). The highest BCUT2D eigenvalue weighted by Gasteiger charge is 2.27. The molecule has 90 valence electrons. The van der Waals surface area contributed by atoms with Crippen LogP contribution in [0.15, 0.2) is 0 Å². The van der Waals surface area contributed by atoms with Crippen molar-refractivity contribution in [1.82, 2.24) is 0 Å². The molecule has 1 N–H and O–H groups in total. The molecule has 0 aliphatic heterocycles. The number of carbonyl (C=O) groups is 4. The average Bonchev–Trinajstić information content (AvgIpc) is 2.09. The van der Waals surface area contributed by atoms with Gasteiger partial charge >= 0.3 is 5.97 Å². The molecule has 0 amide bonds. The molecule has 0 aliphatic rings. The number of rotatable bonds is 7. The van der Waals surface area contributed by atoms with Gasteiger partial charge in [-0.25, -0.2) is 0 Å². The van der Waals surface area contributed by atoms with Crippen LogP contribution in [0.5, 0.6) is 0 Å². The maximum Gasteiger partial charge on any atom is 0.304 e. The van der Waals surface area contributed by atoms with E-state index >= 15 is 0 Å². The molecule has 0 radical (unpaired) electrons. The molecule has 0 aromatic rings. The Balaban J connectivity index is 4.93. The summed E-state index contributed by atoms with van der Waals surface area (Å²) in [6.45, 7) is 1.07. The first kappa shape index (κ1) is 14.1. The Bertz CT molecular complexity index is 288. The van der Waals surface area contributed by atoms with Gasteiger partial charge in [-0.2, -0.15) is 0 Å². The topological polar surface area (TPSA) is 135 Å². The van der Waals surface area contributed by atoms with E-state index in [1.165, 1.54) is 0 Å². The highest BCUT2D eigenvalue weighted by atomic mass is 16.4. The molecule has 0 aromatic heterocycles. The molecular formula is C9H10O7-2. The zero-order valence-corrected chi connectivity index (χ0v) is 8.47. The molecule has 7 heteroatoms. The summed E-state index contributed by atoms with van der Waals surface area (Å²) in [6, 6.07) is 0. The van der Waals surface area contributed by atoms with Crippen molar-refractivity contribution < 1.29 is 34.5 Å². The fraction of sp³-hybridized carbons (Fsp3) is 0.556. The molecular weight excluding hydrogens is 220 g/mol. The lowest BCUT2D eigenvalue weighted by Gasteiger charge is -2.26. The van der Waals surface area contributed by atoms with Gasteiger partial charge in [0.15, 0.2) is 0 Å². The van der Waals surface area contributed by atoms with E-state index in [-0.39, 0.29) is 0 Å². The monoisotopic (exact) mass is 230 g/mol. The van der Waals surface area contributed by atoms with E-state index in [2.05, 4.69) is 0 Å². The molecule has 7 nitrogen and oxygen atoms in total. The first-order valence-electron chi connectivity index (χ1n) is 4.38. The van der Waals surface area contributed by atoms with E-state index in [9.17, 15) is 29.4 Å². The van der Waals surface area contributed by atoms with Gasteiger partial charge in [-0.3, -0.25) is 4.79 Å². The van der Waals surface area contributed by atoms with E-state index in [0.29, 0.717) is 0 Å². The van der Waals surface area contributed by atoms with Crippen molar-refractivity contribution >= 4 is 23.7 Å². The summed E-state index contributed by atoms with van der Waals surface area (Å²) < 4.78 is 0. The van der Waals surface area contributed by atoms with Crippen molar-refractivity contribution in [3.05, 3.63) is 0 Å². The summed E-state index contributed by atoms with van der Waals surface area (Å²) in [6.07, 6.45) is -1.51. The maximum atomic E-state index is 10.7. The lowest BCUT2D eigenvalue weighted by atomic mass is 9.86. The van der Waals surface area contributed by atoms with Crippen LogP contribution in [0, 0.1) is 11.8 Å². The minimum atomic E-state index is -1.82. The van der Waals surface area contributed by atoms with Gasteiger partial charge < -0.3 is 29.7 Å². The van der Waals surface area contributed by atoms with Gasteiger partial charge in [-0.15, -0.1) is 0 Å². The molecule has 0 spiro atoms. The Morgan fingerprint density at radius 3 is 1.62 bits per heavy atom. The Morgan fingerprint density at radius 2 is 1.38 bits per heavy atom. The molecule has 0 aromatic carbocycles. The Hall–Kier alpha value is -1.92. The quantitative estimate of drug-likeness (QED) is 0.498. The fourth-order valence-electron chi connectivity index (χ4n) is 1.28. The van der Waals surface area contributed by atoms with E-state index < -0.39 is 48.4 Å². The molecule has 0 heterocycles. The zero-order chi connectivity index (χ0) is 12.9. The van der Waals surface area contributed by atoms with Gasteiger partial charge in [0, 0.05) is 30.2 Å². The highest BCUT2D eigenvalue weighted by Crippen LogP contribution is 2.19. The molecule has 0 fully saturated rings. The number of carboxylic acids is 3. The van der Waals surface area contributed by atoms with Crippen molar-refractivity contribution in [3.63, 3.8) is 0 Å². The molecule has 0 aliphatic carbocycles. The second-order valence-corrected chi connectivity index (χ2v) is 3.36. The smallest absolute Gasteiger partial charge is 0.304 e. The van der Waals surface area contributed by atoms with E-state index in [4.69, 9.17) is 5.11 Å². The predicted molar refractivity (Wildman–Crippen MR) is 44.5 cm³/mol. The summed E-state index contributed by atoms with van der Waals surface area (Å²) in [4.78, 5) is 42.3. The van der Waals surface area contributed by atoms with Gasteiger partial charge in [-0.05, 0) is 6.92 Å². The molecule has 0 bridgehead atoms. The van der Waals surface area contributed by atoms with Gasteiger partial charge in [-0.1, -0.05) is 0 Å². The third kappa shape index (κ3) is 4.54. The van der Waals surface area contributed by atoms with Gasteiger partial charge in [0.1, 0.15) is 5.78 Å². The van der Waals surface area contributed by atoms with Crippen LogP contribution in [0.3, 0.4) is 0 Å². The van der Waals surface area contributed by atoms with E-state index in [1.807, 2.05) is 0 Å². The Kier molecular flexibility index (Phi) is 5.14. The molecule has 16 heavy (non-hydrogen) atoms. The second-order valence-electron chi connectivity index (χ2n) is 3.36. The van der Waals surface area contributed by atoms with E-state index in [0.717, 1.165) is 6.92 Å². The van der Waals surface area contributed by atoms with Crippen LogP contribution in [0.1, 0.15) is 19.8 Å². The summed E-state index contributed by atoms with van der Waals surface area (Å²) in [5.74, 6) is -9.09. The summed E-state index contributed by atoms with van der Waals surface area (Å²) in [7, 11) is 0. The fourth-order valence-corrected chi connectivity index (χ4v) is 1.28. The highest BCUT2D eigenvalue weighted by molar-refractivity contribution is 5.86. The minimum absolute atomic E-state index is 0.564. The SMILES string of the molecule is CC(=O)CC(C(=O)[O-])C(CC(=O)O)C(=O)[O-]. The summed E-state index contributed by atoms with van der Waals surface area (Å²) in [5.41, 5.74) is 0. The third-order valence-corrected chi connectivity index (χ3v) is 1.99. The number of hydrogen-bond acceptors (Lipinski definition) is 6. The van der Waals surface area contributed by atoms with Crippen molar-refractivity contribution in [2.24, 2.45) is 11.8 Å². The second kappa shape index (κ2) is 5.84. The normalized spacial score (nSPS) is 13.8. The summed E-state index contributed by atoms with van der Waals surface area (Å²) in [5, 5.41) is 29.6. The number of Topliss-reactive ketones (excluding diaryl/α,β-unsaturated/α-hetero) is 1. The number of carboxylic acid groups (broad SMARTS) is 3. The average molecular weight is 230 g/mol. The third-order valence-electron chi connectivity index (χ3n) is 1.99. The predicted octanol–water partition coefficient (Wildman–Crippen LogP) is -2.83. The minimum Gasteiger partial charge on any atom is -0.550 e. The zero-order valence-electron chi connectivity index (χ0n) is 8.47. The Labute approximate surface area is 90.7 Å². The molecule has 0 saturated heterocycles. The lowest BCUT2D eigenvalue weighted by Crippen LogP contribution is -2.45. The number of hydrogen-bond donors (Lipinski definition) is 1. The number of carbonyl (C=O) groups excluding carboxylic acids is 3. The van der Waals surface area contributed by atoms with Crippen LogP contribution in [-0.4, -0.2) is 28.8 Å². The van der Waals surface area contributed by atoms with Crippen LogP contribution in [0.4, 0.5) is 0 Å². The largest absolute Gasteiger partial charge is 0.550 e. The standard InChI is InChI=1S/C9H12O7/c1-4(10)2-5(8(13)14)6(9(15)16)3-7(11)12/h5-6H,2-3H2,1H3,(H,11,12)(H,13,14)(H,15,16)/p-2. The van der Waals surface area contributed by atoms with Gasteiger partial charge in [0.2, 0.25) is 0 Å². The molecule has 2 unspecified atom stereocenters. The number of aliphatic carboxylic acids is 3. The van der Waals surface area contributed by atoms with Crippen LogP contribution in [-0.2, 0) is 19.2 Å². The van der Waals surface area contributed by atoms with Gasteiger partial charge in [0.05, 0.1) is 6.42 Å². The maximum absolute atomic E-state index is 10.7. The van der Waals surface area contributed by atoms with Crippen LogP contribution in [0.25, 0.3) is 0 Å². The molecule has 2 atom stereocenters. The van der Waals surface area contributed by atoms with Crippen molar-refractivity contribution in [2.75, 3.05) is 0 Å². The number of ketones is 1. The van der Waals surface area contributed by atoms with Gasteiger partial charge in [0.25, 0.3) is 0 Å². The van der Waals surface area contributed by atoms with Crippen LogP contribution < -0.4 is 10.2 Å². The molecule has 0 saturated carbocycles. The van der Waals surface area contributed by atoms with Crippen LogP contribution in [0.2, 0.25) is 0 Å². The van der Waals surface area contributed by atoms with Crippen LogP contribution >= 0.6 is 0 Å². The Morgan fingerprint density at radius 1 is 1.00 bits per heavy atom. The van der Waals surface area contributed by atoms with Crippen molar-refractivity contribution in [1.29, 1.82) is 0 Å². The summed E-state index contributed by atoms with van der Waals surface area (Å²) >= 11 is 0. The van der Waals surface area contributed by atoms with E-state index in [1.54, 1.807) is 0 Å². The van der Waals surface area contributed by atoms with Crippen molar-refractivity contribution in [3.8, 4) is 0 Å².